The molecule has 0 radical (unpaired) electrons. The van der Waals surface area contributed by atoms with E-state index in [0.717, 1.165) is 38.7 Å². The van der Waals surface area contributed by atoms with Crippen LogP contribution in [0.5, 0.6) is 0 Å². The average molecular weight is 215 g/mol. The van der Waals surface area contributed by atoms with Gasteiger partial charge in [0.25, 0.3) is 0 Å². The van der Waals surface area contributed by atoms with Gasteiger partial charge in [0.1, 0.15) is 0 Å². The van der Waals surface area contributed by atoms with Crippen molar-refractivity contribution in [3.8, 4) is 0 Å². The summed E-state index contributed by atoms with van der Waals surface area (Å²) in [6.07, 6.45) is 2.81. The zero-order valence-corrected chi connectivity index (χ0v) is 10.3. The van der Waals surface area contributed by atoms with E-state index in [1.165, 1.54) is 6.42 Å². The Balaban J connectivity index is 2.03. The lowest BCUT2D eigenvalue weighted by Crippen LogP contribution is -2.23. The van der Waals surface area contributed by atoms with Crippen molar-refractivity contribution in [1.29, 1.82) is 0 Å². The second-order valence-electron chi connectivity index (χ2n) is 4.66. The van der Waals surface area contributed by atoms with Gasteiger partial charge in [-0.1, -0.05) is 13.8 Å². The van der Waals surface area contributed by atoms with Crippen molar-refractivity contribution in [1.82, 2.24) is 5.32 Å². The molecule has 0 bridgehead atoms. The van der Waals surface area contributed by atoms with Crippen molar-refractivity contribution in [2.45, 2.75) is 45.8 Å². The fourth-order valence-corrected chi connectivity index (χ4v) is 2.08. The maximum Gasteiger partial charge on any atom is 0.0715 e. The Kier molecular flexibility index (Phi) is 6.22. The van der Waals surface area contributed by atoms with Gasteiger partial charge in [-0.3, -0.25) is 0 Å². The smallest absolute Gasteiger partial charge is 0.0715 e. The second kappa shape index (κ2) is 7.20. The average Bonchev–Trinajstić information content (AvgIpc) is 2.59. The molecule has 0 saturated carbocycles. The van der Waals surface area contributed by atoms with E-state index in [9.17, 15) is 0 Å². The molecule has 0 aromatic carbocycles. The molecular weight excluding hydrogens is 190 g/mol. The van der Waals surface area contributed by atoms with E-state index in [2.05, 4.69) is 19.2 Å². The maximum atomic E-state index is 5.73. The first kappa shape index (κ1) is 12.9. The van der Waals surface area contributed by atoms with E-state index >= 15 is 0 Å². The van der Waals surface area contributed by atoms with Gasteiger partial charge in [0.2, 0.25) is 0 Å². The molecule has 0 aromatic rings. The fraction of sp³-hybridized carbons (Fsp3) is 1.00. The molecule has 0 aliphatic carbocycles. The van der Waals surface area contributed by atoms with Gasteiger partial charge in [-0.2, -0.15) is 0 Å². The first-order chi connectivity index (χ1) is 7.22. The highest BCUT2D eigenvalue weighted by atomic mass is 16.5. The number of ether oxygens (including phenoxy) is 2. The lowest BCUT2D eigenvalue weighted by Gasteiger charge is -2.13. The number of hydrogen-bond acceptors (Lipinski definition) is 3. The van der Waals surface area contributed by atoms with Crippen LogP contribution in [0, 0.1) is 5.92 Å². The highest BCUT2D eigenvalue weighted by Crippen LogP contribution is 2.16. The maximum absolute atomic E-state index is 5.73. The van der Waals surface area contributed by atoms with E-state index < -0.39 is 0 Å². The highest BCUT2D eigenvalue weighted by Gasteiger charge is 2.24. The van der Waals surface area contributed by atoms with Crippen LogP contribution < -0.4 is 5.32 Å². The van der Waals surface area contributed by atoms with Crippen LogP contribution in [0.3, 0.4) is 0 Å². The van der Waals surface area contributed by atoms with Gasteiger partial charge in [0, 0.05) is 19.2 Å². The summed E-state index contributed by atoms with van der Waals surface area (Å²) in [6.45, 7) is 9.79. The Morgan fingerprint density at radius 1 is 1.33 bits per heavy atom. The quantitative estimate of drug-likeness (QED) is 0.657. The lowest BCUT2D eigenvalue weighted by atomic mass is 10.0. The monoisotopic (exact) mass is 215 g/mol. The molecule has 1 aliphatic heterocycles. The topological polar surface area (TPSA) is 30.5 Å². The Labute approximate surface area is 93.5 Å². The molecule has 1 N–H and O–H groups in total. The van der Waals surface area contributed by atoms with Crippen molar-refractivity contribution in [3.63, 3.8) is 0 Å². The van der Waals surface area contributed by atoms with Crippen molar-refractivity contribution >= 4 is 0 Å². The molecule has 15 heavy (non-hydrogen) atoms. The van der Waals surface area contributed by atoms with E-state index in [4.69, 9.17) is 9.47 Å². The van der Waals surface area contributed by atoms with Crippen molar-refractivity contribution in [3.05, 3.63) is 0 Å². The van der Waals surface area contributed by atoms with E-state index in [-0.39, 0.29) is 0 Å². The van der Waals surface area contributed by atoms with Crippen LogP contribution >= 0.6 is 0 Å². The summed E-state index contributed by atoms with van der Waals surface area (Å²) in [5.74, 6) is 0.768. The third kappa shape index (κ3) is 5.50. The molecule has 0 spiro atoms. The first-order valence-electron chi connectivity index (χ1n) is 6.15. The van der Waals surface area contributed by atoms with Gasteiger partial charge < -0.3 is 14.8 Å². The minimum absolute atomic E-state index is 0.397. The number of rotatable bonds is 7. The summed E-state index contributed by atoms with van der Waals surface area (Å²) in [4.78, 5) is 0. The van der Waals surface area contributed by atoms with Gasteiger partial charge in [-0.15, -0.1) is 0 Å². The van der Waals surface area contributed by atoms with Crippen LogP contribution in [-0.4, -0.2) is 38.5 Å². The van der Waals surface area contributed by atoms with Gasteiger partial charge in [0.05, 0.1) is 19.3 Å². The molecule has 1 saturated heterocycles. The third-order valence-corrected chi connectivity index (χ3v) is 2.72. The van der Waals surface area contributed by atoms with E-state index in [0.29, 0.717) is 12.1 Å². The molecule has 0 aromatic heterocycles. The molecule has 3 nitrogen and oxygen atoms in total. The van der Waals surface area contributed by atoms with Gasteiger partial charge in [0.15, 0.2) is 0 Å². The van der Waals surface area contributed by atoms with Crippen molar-refractivity contribution < 1.29 is 9.47 Å². The van der Waals surface area contributed by atoms with Gasteiger partial charge in [-0.25, -0.2) is 0 Å². The number of hydrogen-bond donors (Lipinski definition) is 1. The van der Waals surface area contributed by atoms with Crippen molar-refractivity contribution in [2.75, 3.05) is 26.4 Å². The van der Waals surface area contributed by atoms with Crippen LogP contribution in [0.15, 0.2) is 0 Å². The van der Waals surface area contributed by atoms with Gasteiger partial charge >= 0.3 is 0 Å². The third-order valence-electron chi connectivity index (χ3n) is 2.72. The Bertz CT molecular complexity index is 162. The molecular formula is C12H25NO2. The Morgan fingerprint density at radius 2 is 2.13 bits per heavy atom. The van der Waals surface area contributed by atoms with Crippen LogP contribution in [-0.2, 0) is 9.47 Å². The first-order valence-corrected chi connectivity index (χ1v) is 6.15. The normalized spacial score (nSPS) is 26.4. The van der Waals surface area contributed by atoms with Crippen LogP contribution in [0.25, 0.3) is 0 Å². The predicted octanol–water partition coefficient (Wildman–Crippen LogP) is 1.82. The molecule has 1 rings (SSSR count). The van der Waals surface area contributed by atoms with Crippen molar-refractivity contribution in [2.24, 2.45) is 5.92 Å². The Hall–Kier alpha value is -0.120. The molecule has 2 atom stereocenters. The summed E-state index contributed by atoms with van der Waals surface area (Å²) in [6, 6.07) is 0.655. The molecule has 1 fully saturated rings. The number of nitrogens with one attached hydrogen (secondary N) is 1. The lowest BCUT2D eigenvalue weighted by molar-refractivity contribution is 0.0151. The van der Waals surface area contributed by atoms with E-state index in [1.807, 2.05) is 6.92 Å². The largest absolute Gasteiger partial charge is 0.379 e. The van der Waals surface area contributed by atoms with Crippen LogP contribution in [0.4, 0.5) is 0 Å². The molecule has 0 amide bonds. The zero-order valence-electron chi connectivity index (χ0n) is 10.3. The van der Waals surface area contributed by atoms with Crippen LogP contribution in [0.2, 0.25) is 0 Å². The summed E-state index contributed by atoms with van der Waals surface area (Å²) in [5.41, 5.74) is 0. The van der Waals surface area contributed by atoms with Gasteiger partial charge in [-0.05, 0) is 25.7 Å². The minimum atomic E-state index is 0.397. The molecule has 1 aliphatic rings. The summed E-state index contributed by atoms with van der Waals surface area (Å²) in [7, 11) is 0. The predicted molar refractivity (Wildman–Crippen MR) is 62.1 cm³/mol. The fourth-order valence-electron chi connectivity index (χ4n) is 2.08. The summed E-state index contributed by atoms with van der Waals surface area (Å²) >= 11 is 0. The Morgan fingerprint density at radius 3 is 2.80 bits per heavy atom. The summed E-state index contributed by atoms with van der Waals surface area (Å²) in [5, 5.41) is 3.51. The van der Waals surface area contributed by atoms with E-state index in [1.54, 1.807) is 0 Å². The zero-order chi connectivity index (χ0) is 11.1. The summed E-state index contributed by atoms with van der Waals surface area (Å²) < 4.78 is 11.0. The molecule has 3 heteroatoms. The standard InChI is InChI=1S/C12H25NO2/c1-4-14-5-6-15-12-8-11(13-9-12)7-10(2)3/h10-13H,4-9H2,1-3H3. The highest BCUT2D eigenvalue weighted by molar-refractivity contribution is 4.82. The molecule has 2 unspecified atom stereocenters. The second-order valence-corrected chi connectivity index (χ2v) is 4.66. The molecule has 1 heterocycles. The molecule has 90 valence electrons. The van der Waals surface area contributed by atoms with Crippen LogP contribution in [0.1, 0.15) is 33.6 Å². The SMILES string of the molecule is CCOCCOC1CNC(CC(C)C)C1. The minimum Gasteiger partial charge on any atom is -0.379 e.